The minimum Gasteiger partial charge on any atom is -0.382 e. The number of ether oxygens (including phenoxy) is 1. The fourth-order valence-corrected chi connectivity index (χ4v) is 1.75. The van der Waals surface area contributed by atoms with Gasteiger partial charge in [-0.1, -0.05) is 33.6 Å². The van der Waals surface area contributed by atoms with Crippen molar-refractivity contribution >= 4 is 0 Å². The maximum atomic E-state index is 5.26. The van der Waals surface area contributed by atoms with E-state index in [1.165, 1.54) is 25.7 Å². The van der Waals surface area contributed by atoms with E-state index in [4.69, 9.17) is 4.74 Å². The lowest BCUT2D eigenvalue weighted by Gasteiger charge is -2.21. The first-order valence-electron chi connectivity index (χ1n) is 5.64. The number of hydrogen-bond acceptors (Lipinski definition) is 1. The Kier molecular flexibility index (Phi) is 7.35. The fourth-order valence-electron chi connectivity index (χ4n) is 1.75. The first-order valence-corrected chi connectivity index (χ1v) is 5.64. The van der Waals surface area contributed by atoms with Crippen molar-refractivity contribution in [1.82, 2.24) is 0 Å². The molecule has 0 radical (unpaired) electrons. The minimum absolute atomic E-state index is 0.429. The van der Waals surface area contributed by atoms with Crippen molar-refractivity contribution < 1.29 is 4.74 Å². The second-order valence-electron chi connectivity index (χ2n) is 4.42. The Labute approximate surface area is 83.9 Å². The smallest absolute Gasteiger partial charge is 0.0543 e. The summed E-state index contributed by atoms with van der Waals surface area (Å²) in [6.07, 6.45) is 5.64. The molecule has 0 aromatic heterocycles. The van der Waals surface area contributed by atoms with Crippen LogP contribution in [0.25, 0.3) is 0 Å². The molecule has 13 heavy (non-hydrogen) atoms. The summed E-state index contributed by atoms with van der Waals surface area (Å²) in [4.78, 5) is 0. The van der Waals surface area contributed by atoms with Gasteiger partial charge in [-0.3, -0.25) is 0 Å². The monoisotopic (exact) mass is 186 g/mol. The molecule has 0 amide bonds. The molecule has 1 nitrogen and oxygen atoms in total. The maximum Gasteiger partial charge on any atom is 0.0543 e. The molecule has 0 heterocycles. The third kappa shape index (κ3) is 6.09. The van der Waals surface area contributed by atoms with Gasteiger partial charge in [0.2, 0.25) is 0 Å². The zero-order chi connectivity index (χ0) is 10.3. The summed E-state index contributed by atoms with van der Waals surface area (Å²) in [5.41, 5.74) is 0. The summed E-state index contributed by atoms with van der Waals surface area (Å²) < 4.78 is 5.26. The SMILES string of the molecule is CCC[C@@H](CCC(C)OC)C(C)C. The van der Waals surface area contributed by atoms with Crippen LogP contribution in [0.15, 0.2) is 0 Å². The van der Waals surface area contributed by atoms with Gasteiger partial charge in [0.1, 0.15) is 0 Å². The molecule has 80 valence electrons. The Hall–Kier alpha value is -0.0400. The lowest BCUT2D eigenvalue weighted by molar-refractivity contribution is 0.100. The van der Waals surface area contributed by atoms with Crippen LogP contribution in [0.3, 0.4) is 0 Å². The number of methoxy groups -OCH3 is 1. The van der Waals surface area contributed by atoms with Crippen molar-refractivity contribution in [3.8, 4) is 0 Å². The lowest BCUT2D eigenvalue weighted by atomic mass is 9.87. The average molecular weight is 186 g/mol. The second-order valence-corrected chi connectivity index (χ2v) is 4.42. The average Bonchev–Trinajstić information content (AvgIpc) is 2.11. The lowest BCUT2D eigenvalue weighted by Crippen LogP contribution is -2.13. The van der Waals surface area contributed by atoms with Crippen LogP contribution < -0.4 is 0 Å². The Morgan fingerprint density at radius 1 is 1.00 bits per heavy atom. The Balaban J connectivity index is 3.68. The van der Waals surface area contributed by atoms with Gasteiger partial charge in [-0.2, -0.15) is 0 Å². The van der Waals surface area contributed by atoms with E-state index in [0.29, 0.717) is 6.10 Å². The van der Waals surface area contributed by atoms with E-state index in [-0.39, 0.29) is 0 Å². The highest BCUT2D eigenvalue weighted by Gasteiger charge is 2.13. The van der Waals surface area contributed by atoms with Gasteiger partial charge in [0, 0.05) is 7.11 Å². The molecular weight excluding hydrogens is 160 g/mol. The van der Waals surface area contributed by atoms with Crippen LogP contribution in [0.2, 0.25) is 0 Å². The summed E-state index contributed by atoms with van der Waals surface area (Å²) in [5.74, 6) is 1.71. The summed E-state index contributed by atoms with van der Waals surface area (Å²) in [6.45, 7) is 9.09. The number of rotatable bonds is 7. The molecule has 0 N–H and O–H groups in total. The van der Waals surface area contributed by atoms with Crippen molar-refractivity contribution in [3.05, 3.63) is 0 Å². The highest BCUT2D eigenvalue weighted by Crippen LogP contribution is 2.23. The van der Waals surface area contributed by atoms with Crippen molar-refractivity contribution in [3.63, 3.8) is 0 Å². The van der Waals surface area contributed by atoms with Gasteiger partial charge < -0.3 is 4.74 Å². The second kappa shape index (κ2) is 7.37. The zero-order valence-corrected chi connectivity index (χ0v) is 9.97. The molecule has 0 aromatic rings. The van der Waals surface area contributed by atoms with E-state index in [1.807, 2.05) is 0 Å². The fraction of sp³-hybridized carbons (Fsp3) is 1.00. The van der Waals surface area contributed by atoms with Gasteiger partial charge in [-0.25, -0.2) is 0 Å². The van der Waals surface area contributed by atoms with Gasteiger partial charge >= 0.3 is 0 Å². The largest absolute Gasteiger partial charge is 0.382 e. The Bertz CT molecular complexity index is 110. The van der Waals surface area contributed by atoms with Gasteiger partial charge in [-0.05, 0) is 31.6 Å². The first kappa shape index (κ1) is 13.0. The van der Waals surface area contributed by atoms with Crippen LogP contribution in [0.1, 0.15) is 53.4 Å². The zero-order valence-electron chi connectivity index (χ0n) is 9.97. The normalized spacial score (nSPS) is 16.2. The van der Waals surface area contributed by atoms with E-state index in [9.17, 15) is 0 Å². The standard InChI is InChI=1S/C12H26O/c1-6-7-12(10(2)3)9-8-11(4)13-5/h10-12H,6-9H2,1-5H3/t11?,12-/m0/s1. The van der Waals surface area contributed by atoms with E-state index in [1.54, 1.807) is 7.11 Å². The molecule has 0 spiro atoms. The first-order chi connectivity index (χ1) is 6.11. The van der Waals surface area contributed by atoms with E-state index in [0.717, 1.165) is 11.8 Å². The van der Waals surface area contributed by atoms with E-state index >= 15 is 0 Å². The molecule has 1 unspecified atom stereocenters. The summed E-state index contributed by atoms with van der Waals surface area (Å²) >= 11 is 0. The van der Waals surface area contributed by atoms with Gasteiger partial charge in [0.05, 0.1) is 6.10 Å². The molecule has 2 atom stereocenters. The maximum absolute atomic E-state index is 5.26. The molecule has 0 fully saturated rings. The van der Waals surface area contributed by atoms with Crippen LogP contribution in [0, 0.1) is 11.8 Å². The Morgan fingerprint density at radius 2 is 1.62 bits per heavy atom. The molecule has 0 saturated carbocycles. The molecule has 0 aromatic carbocycles. The third-order valence-electron chi connectivity index (χ3n) is 2.95. The van der Waals surface area contributed by atoms with Gasteiger partial charge in [0.15, 0.2) is 0 Å². The molecule has 0 aliphatic rings. The Morgan fingerprint density at radius 3 is 2.00 bits per heavy atom. The van der Waals surface area contributed by atoms with Crippen molar-refractivity contribution in [1.29, 1.82) is 0 Å². The third-order valence-corrected chi connectivity index (χ3v) is 2.95. The van der Waals surface area contributed by atoms with Crippen molar-refractivity contribution in [2.24, 2.45) is 11.8 Å². The number of hydrogen-bond donors (Lipinski definition) is 0. The minimum atomic E-state index is 0.429. The summed E-state index contributed by atoms with van der Waals surface area (Å²) in [7, 11) is 1.80. The van der Waals surface area contributed by atoms with Gasteiger partial charge in [0.25, 0.3) is 0 Å². The molecule has 0 saturated heterocycles. The molecule has 0 aliphatic carbocycles. The van der Waals surface area contributed by atoms with E-state index < -0.39 is 0 Å². The van der Waals surface area contributed by atoms with Crippen LogP contribution >= 0.6 is 0 Å². The predicted octanol–water partition coefficient (Wildman–Crippen LogP) is 3.87. The molecule has 1 heteroatoms. The quantitative estimate of drug-likeness (QED) is 0.586. The predicted molar refractivity (Wildman–Crippen MR) is 58.9 cm³/mol. The summed E-state index contributed by atoms with van der Waals surface area (Å²) in [5, 5.41) is 0. The van der Waals surface area contributed by atoms with Crippen LogP contribution in [-0.4, -0.2) is 13.2 Å². The van der Waals surface area contributed by atoms with Crippen LogP contribution in [-0.2, 0) is 4.74 Å². The van der Waals surface area contributed by atoms with Crippen molar-refractivity contribution in [2.75, 3.05) is 7.11 Å². The molecule has 0 aliphatic heterocycles. The summed E-state index contributed by atoms with van der Waals surface area (Å²) in [6, 6.07) is 0. The molecular formula is C12H26O. The topological polar surface area (TPSA) is 9.23 Å². The highest BCUT2D eigenvalue weighted by molar-refractivity contribution is 4.64. The van der Waals surface area contributed by atoms with Crippen LogP contribution in [0.5, 0.6) is 0 Å². The molecule has 0 rings (SSSR count). The van der Waals surface area contributed by atoms with Crippen LogP contribution in [0.4, 0.5) is 0 Å². The van der Waals surface area contributed by atoms with Crippen molar-refractivity contribution in [2.45, 2.75) is 59.5 Å². The molecule has 0 bridgehead atoms. The van der Waals surface area contributed by atoms with Gasteiger partial charge in [-0.15, -0.1) is 0 Å². The highest BCUT2D eigenvalue weighted by atomic mass is 16.5. The van der Waals surface area contributed by atoms with E-state index in [2.05, 4.69) is 27.7 Å².